The van der Waals surface area contributed by atoms with E-state index in [9.17, 15) is 19.5 Å². The lowest BCUT2D eigenvalue weighted by Gasteiger charge is -2.25. The van der Waals surface area contributed by atoms with E-state index in [1.165, 1.54) is 17.7 Å². The van der Waals surface area contributed by atoms with E-state index < -0.39 is 18.0 Å². The first-order valence-electron chi connectivity index (χ1n) is 11.9. The Kier molecular flexibility index (Phi) is 9.02. The minimum absolute atomic E-state index is 0.0487. The zero-order valence-electron chi connectivity index (χ0n) is 21.4. The van der Waals surface area contributed by atoms with Crippen molar-refractivity contribution < 1.29 is 24.2 Å². The highest BCUT2D eigenvalue weighted by Crippen LogP contribution is 2.32. The van der Waals surface area contributed by atoms with Gasteiger partial charge in [0.05, 0.1) is 11.5 Å². The molecule has 0 aliphatic carbocycles. The molecule has 0 aliphatic rings. The quantitative estimate of drug-likeness (QED) is 0.376. The Balaban J connectivity index is 2.23. The van der Waals surface area contributed by atoms with Gasteiger partial charge in [-0.15, -0.1) is 0 Å². The topological polar surface area (TPSA) is 95.5 Å². The maximum absolute atomic E-state index is 12.7. The number of hydrogen-bond donors (Lipinski definition) is 1. The van der Waals surface area contributed by atoms with Crippen LogP contribution in [0.2, 0.25) is 0 Å². The summed E-state index contributed by atoms with van der Waals surface area (Å²) >= 11 is 0. The lowest BCUT2D eigenvalue weighted by Crippen LogP contribution is -2.27. The Labute approximate surface area is 202 Å². The number of esters is 1. The van der Waals surface area contributed by atoms with Crippen molar-refractivity contribution in [2.75, 3.05) is 5.32 Å². The summed E-state index contributed by atoms with van der Waals surface area (Å²) in [4.78, 5) is 36.9. The summed E-state index contributed by atoms with van der Waals surface area (Å²) in [6.07, 6.45) is -0.981. The number of hydrogen-bond acceptors (Lipinski definition) is 5. The minimum atomic E-state index is -1.50. The maximum atomic E-state index is 12.7. The molecule has 0 bridgehead atoms. The molecule has 6 heteroatoms. The number of amides is 1. The van der Waals surface area contributed by atoms with Crippen molar-refractivity contribution in [2.24, 2.45) is 11.8 Å². The van der Waals surface area contributed by atoms with Crippen molar-refractivity contribution in [1.82, 2.24) is 0 Å². The number of rotatable bonds is 8. The van der Waals surface area contributed by atoms with Crippen molar-refractivity contribution in [2.45, 2.75) is 73.1 Å². The third-order valence-corrected chi connectivity index (χ3v) is 6.07. The van der Waals surface area contributed by atoms with Crippen LogP contribution in [-0.4, -0.2) is 18.0 Å². The fraction of sp³-hybridized carbons (Fsp3) is 0.464. The molecule has 184 valence electrons. The zero-order chi connectivity index (χ0) is 25.7. The van der Waals surface area contributed by atoms with Gasteiger partial charge in [-0.05, 0) is 70.5 Å². The highest BCUT2D eigenvalue weighted by Gasteiger charge is 2.23. The van der Waals surface area contributed by atoms with Crippen LogP contribution >= 0.6 is 0 Å². The van der Waals surface area contributed by atoms with Crippen LogP contribution in [0, 0.1) is 11.8 Å². The molecule has 1 N–H and O–H groups in total. The fourth-order valence-electron chi connectivity index (χ4n) is 4.58. The van der Waals surface area contributed by atoms with E-state index in [0.29, 0.717) is 23.4 Å². The smallest absolute Gasteiger partial charge is 0.419 e. The molecule has 0 radical (unpaired) electrons. The number of anilines is 1. The van der Waals surface area contributed by atoms with Crippen LogP contribution in [0.1, 0.15) is 111 Å². The van der Waals surface area contributed by atoms with E-state index in [1.807, 2.05) is 39.8 Å². The summed E-state index contributed by atoms with van der Waals surface area (Å²) in [5.41, 5.74) is 2.80. The molecule has 0 fully saturated rings. The number of aromatic carboxylic acids is 1. The third kappa shape index (κ3) is 6.46. The normalized spacial score (nSPS) is 11.6. The van der Waals surface area contributed by atoms with Gasteiger partial charge < -0.3 is 14.6 Å². The highest BCUT2D eigenvalue weighted by molar-refractivity contribution is 6.06. The lowest BCUT2D eigenvalue weighted by molar-refractivity contribution is -0.255. The van der Waals surface area contributed by atoms with Gasteiger partial charge in [0.25, 0.3) is 0 Å². The van der Waals surface area contributed by atoms with Crippen LogP contribution in [0.3, 0.4) is 0 Å². The molecule has 0 heterocycles. The molecule has 1 amide bonds. The second kappa shape index (κ2) is 11.3. The molecular formula is C28H36NO5-. The van der Waals surface area contributed by atoms with E-state index in [4.69, 9.17) is 4.74 Å². The Morgan fingerprint density at radius 3 is 1.65 bits per heavy atom. The van der Waals surface area contributed by atoms with Gasteiger partial charge in [-0.1, -0.05) is 67.5 Å². The van der Waals surface area contributed by atoms with Crippen molar-refractivity contribution in [1.29, 1.82) is 0 Å². The Morgan fingerprint density at radius 2 is 1.24 bits per heavy atom. The number of carbonyl (C=O) groups excluding carboxylic acids is 3. The summed E-state index contributed by atoms with van der Waals surface area (Å²) in [5, 5.41) is 14.3. The Hall–Kier alpha value is -3.15. The largest absolute Gasteiger partial charge is 0.545 e. The van der Waals surface area contributed by atoms with Gasteiger partial charge in [0.1, 0.15) is 0 Å². The Bertz CT molecular complexity index is 1030. The van der Waals surface area contributed by atoms with E-state index in [-0.39, 0.29) is 23.0 Å². The molecule has 6 nitrogen and oxygen atoms in total. The SMILES string of the molecule is CC(C)c1cc(C(=O)[O-])c(C(=O)OC(=O)Nc2ccc(C(C(C)C)C(C)C)cc2)cc1C(C)C. The molecule has 0 saturated carbocycles. The Morgan fingerprint density at radius 1 is 0.765 bits per heavy atom. The van der Waals surface area contributed by atoms with Gasteiger partial charge in [0.2, 0.25) is 0 Å². The minimum Gasteiger partial charge on any atom is -0.545 e. The number of ether oxygens (including phenoxy) is 1. The first-order valence-corrected chi connectivity index (χ1v) is 11.9. The average Bonchev–Trinajstić information content (AvgIpc) is 2.73. The predicted molar refractivity (Wildman–Crippen MR) is 132 cm³/mol. The molecule has 2 aromatic carbocycles. The molecule has 34 heavy (non-hydrogen) atoms. The molecule has 0 atom stereocenters. The van der Waals surface area contributed by atoms with Crippen molar-refractivity contribution in [3.05, 3.63) is 64.2 Å². The van der Waals surface area contributed by atoms with Crippen molar-refractivity contribution in [3.8, 4) is 0 Å². The van der Waals surface area contributed by atoms with Gasteiger partial charge in [-0.3, -0.25) is 5.32 Å². The summed E-state index contributed by atoms with van der Waals surface area (Å²) in [6.45, 7) is 16.5. The molecule has 0 unspecified atom stereocenters. The second-order valence-corrected chi connectivity index (χ2v) is 10.1. The fourth-order valence-corrected chi connectivity index (χ4v) is 4.58. The molecule has 0 aromatic heterocycles. The summed E-state index contributed by atoms with van der Waals surface area (Å²) in [5.74, 6) is -1.11. The predicted octanol–water partition coefficient (Wildman–Crippen LogP) is 6.08. The van der Waals surface area contributed by atoms with E-state index in [1.54, 1.807) is 12.1 Å². The van der Waals surface area contributed by atoms with Crippen LogP contribution in [0.4, 0.5) is 10.5 Å². The zero-order valence-corrected chi connectivity index (χ0v) is 21.4. The number of carbonyl (C=O) groups is 3. The number of carboxylic acid groups (broad SMARTS) is 1. The monoisotopic (exact) mass is 466 g/mol. The molecule has 2 aromatic rings. The summed E-state index contributed by atoms with van der Waals surface area (Å²) in [6, 6.07) is 10.4. The maximum Gasteiger partial charge on any atom is 0.419 e. The van der Waals surface area contributed by atoms with Gasteiger partial charge in [-0.25, -0.2) is 9.59 Å². The number of carboxylic acids is 1. The van der Waals surface area contributed by atoms with Crippen LogP contribution in [0.25, 0.3) is 0 Å². The lowest BCUT2D eigenvalue weighted by atomic mass is 9.80. The molecule has 0 aliphatic heterocycles. The van der Waals surface area contributed by atoms with Crippen LogP contribution in [0.5, 0.6) is 0 Å². The van der Waals surface area contributed by atoms with Gasteiger partial charge in [-0.2, -0.15) is 0 Å². The first kappa shape index (κ1) is 27.1. The van der Waals surface area contributed by atoms with Crippen molar-refractivity contribution in [3.63, 3.8) is 0 Å². The summed E-state index contributed by atoms with van der Waals surface area (Å²) < 4.78 is 4.94. The first-order chi connectivity index (χ1) is 15.8. The van der Waals surface area contributed by atoms with Crippen LogP contribution in [0.15, 0.2) is 36.4 Å². The van der Waals surface area contributed by atoms with Crippen LogP contribution in [-0.2, 0) is 4.74 Å². The molecule has 0 saturated heterocycles. The van der Waals surface area contributed by atoms with Gasteiger partial charge in [0.15, 0.2) is 0 Å². The molecular weight excluding hydrogens is 430 g/mol. The standard InChI is InChI=1S/C28H37NO5/c1-15(2)21-13-23(26(30)31)24(14-22(21)16(3)4)27(32)34-28(33)29-20-11-9-19(10-12-20)25(17(5)6)18(7)8/h9-18,25H,1-8H3,(H,29,33)(H,30,31)/p-1. The average molecular weight is 467 g/mol. The van der Waals surface area contributed by atoms with Gasteiger partial charge >= 0.3 is 12.1 Å². The molecule has 2 rings (SSSR count). The van der Waals surface area contributed by atoms with Crippen LogP contribution < -0.4 is 10.4 Å². The van der Waals surface area contributed by atoms with E-state index in [0.717, 1.165) is 11.1 Å². The number of nitrogens with one attached hydrogen (secondary N) is 1. The highest BCUT2D eigenvalue weighted by atomic mass is 16.6. The van der Waals surface area contributed by atoms with E-state index in [2.05, 4.69) is 33.0 Å². The van der Waals surface area contributed by atoms with Gasteiger partial charge in [0, 0.05) is 11.3 Å². The third-order valence-electron chi connectivity index (χ3n) is 6.07. The number of benzene rings is 2. The molecule has 0 spiro atoms. The summed E-state index contributed by atoms with van der Waals surface area (Å²) in [7, 11) is 0. The second-order valence-electron chi connectivity index (χ2n) is 10.1. The van der Waals surface area contributed by atoms with Crippen molar-refractivity contribution >= 4 is 23.7 Å². The van der Waals surface area contributed by atoms with E-state index >= 15 is 0 Å².